The highest BCUT2D eigenvalue weighted by Crippen LogP contribution is 2.33. The smallest absolute Gasteiger partial charge is 0.264 e. The molecule has 5 nitrogen and oxygen atoms in total. The van der Waals surface area contributed by atoms with Crippen LogP contribution >= 0.6 is 35.0 Å². The number of thioether (sulfide) groups is 1. The Balaban J connectivity index is 1.80. The Hall–Kier alpha value is -2.15. The maximum atomic E-state index is 11.8. The van der Waals surface area contributed by atoms with Crippen molar-refractivity contribution in [1.82, 2.24) is 5.32 Å². The van der Waals surface area contributed by atoms with E-state index in [0.29, 0.717) is 33.1 Å². The second-order valence-corrected chi connectivity index (χ2v) is 7.45. The first-order chi connectivity index (χ1) is 13.0. The number of hydrogen-bond acceptors (Lipinski definition) is 5. The molecule has 1 amide bonds. The minimum Gasteiger partial charge on any atom is -0.490 e. The molecule has 1 heterocycles. The van der Waals surface area contributed by atoms with Crippen molar-refractivity contribution >= 4 is 52.1 Å². The van der Waals surface area contributed by atoms with Crippen molar-refractivity contribution in [3.8, 4) is 11.5 Å². The van der Waals surface area contributed by atoms with Gasteiger partial charge in [-0.15, -0.1) is 0 Å². The van der Waals surface area contributed by atoms with Crippen molar-refractivity contribution < 1.29 is 14.3 Å². The van der Waals surface area contributed by atoms with Gasteiger partial charge in [-0.25, -0.2) is 0 Å². The van der Waals surface area contributed by atoms with E-state index in [1.807, 2.05) is 19.1 Å². The third kappa shape index (κ3) is 4.97. The van der Waals surface area contributed by atoms with E-state index in [1.54, 1.807) is 30.3 Å². The quantitative estimate of drug-likeness (QED) is 0.634. The Morgan fingerprint density at radius 3 is 2.63 bits per heavy atom. The highest BCUT2D eigenvalue weighted by molar-refractivity contribution is 8.18. The molecule has 1 saturated heterocycles. The molecule has 3 rings (SSSR count). The molecule has 0 aliphatic carbocycles. The topological polar surface area (TPSA) is 71.4 Å². The number of amidine groups is 1. The normalized spacial score (nSPS) is 15.1. The van der Waals surface area contributed by atoms with Crippen LogP contribution in [0.25, 0.3) is 6.08 Å². The van der Waals surface area contributed by atoms with Crippen molar-refractivity contribution in [1.29, 1.82) is 5.41 Å². The molecule has 27 heavy (non-hydrogen) atoms. The zero-order valence-corrected chi connectivity index (χ0v) is 16.7. The summed E-state index contributed by atoms with van der Waals surface area (Å²) < 4.78 is 11.5. The molecular formula is C19H16Cl2N2O3S. The molecule has 1 aliphatic rings. The van der Waals surface area contributed by atoms with E-state index in [1.165, 1.54) is 0 Å². The maximum absolute atomic E-state index is 11.8. The standard InChI is InChI=1S/C19H16Cl2N2O3S/c1-2-25-16-7-11(8-17-18(24)23-19(22)27-17)3-6-15(16)26-10-12-4-5-13(20)9-14(12)21/h3-9H,2,10H2,1H3,(H2,22,23,24). The van der Waals surface area contributed by atoms with Gasteiger partial charge in [-0.1, -0.05) is 35.3 Å². The van der Waals surface area contributed by atoms with E-state index < -0.39 is 0 Å². The van der Waals surface area contributed by atoms with Crippen LogP contribution in [0.3, 0.4) is 0 Å². The first kappa shape index (κ1) is 19.6. The van der Waals surface area contributed by atoms with Crippen LogP contribution in [0.4, 0.5) is 0 Å². The average Bonchev–Trinajstić information content (AvgIpc) is 2.93. The summed E-state index contributed by atoms with van der Waals surface area (Å²) in [6.45, 7) is 2.62. The van der Waals surface area contributed by atoms with Gasteiger partial charge in [-0.2, -0.15) is 0 Å². The highest BCUT2D eigenvalue weighted by atomic mass is 35.5. The molecule has 2 N–H and O–H groups in total. The molecule has 0 atom stereocenters. The van der Waals surface area contributed by atoms with Crippen LogP contribution in [-0.4, -0.2) is 17.7 Å². The Labute approximate surface area is 171 Å². The second-order valence-electron chi connectivity index (χ2n) is 5.56. The number of nitrogens with one attached hydrogen (secondary N) is 2. The lowest BCUT2D eigenvalue weighted by Gasteiger charge is -2.13. The van der Waals surface area contributed by atoms with Gasteiger partial charge in [0.15, 0.2) is 16.7 Å². The fraction of sp³-hybridized carbons (Fsp3) is 0.158. The Kier molecular flexibility index (Phi) is 6.31. The molecule has 1 fully saturated rings. The van der Waals surface area contributed by atoms with Crippen molar-refractivity contribution in [3.63, 3.8) is 0 Å². The van der Waals surface area contributed by atoms with Gasteiger partial charge in [0.05, 0.1) is 11.5 Å². The van der Waals surface area contributed by atoms with E-state index >= 15 is 0 Å². The summed E-state index contributed by atoms with van der Waals surface area (Å²) in [5, 5.41) is 11.2. The molecule has 2 aromatic rings. The number of carbonyl (C=O) groups is 1. The predicted octanol–water partition coefficient (Wildman–Crippen LogP) is 5.11. The lowest BCUT2D eigenvalue weighted by molar-refractivity contribution is -0.115. The molecular weight excluding hydrogens is 407 g/mol. The van der Waals surface area contributed by atoms with E-state index in [0.717, 1.165) is 22.9 Å². The molecule has 0 saturated carbocycles. The molecule has 140 valence electrons. The predicted molar refractivity (Wildman–Crippen MR) is 110 cm³/mol. The van der Waals surface area contributed by atoms with Crippen LogP contribution < -0.4 is 14.8 Å². The van der Waals surface area contributed by atoms with E-state index in [2.05, 4.69) is 5.32 Å². The number of hydrogen-bond donors (Lipinski definition) is 2. The summed E-state index contributed by atoms with van der Waals surface area (Å²) in [6.07, 6.45) is 1.71. The Morgan fingerprint density at radius 1 is 1.15 bits per heavy atom. The Bertz CT molecular complexity index is 931. The minimum absolute atomic E-state index is 0.121. The Morgan fingerprint density at radius 2 is 1.96 bits per heavy atom. The largest absolute Gasteiger partial charge is 0.490 e. The van der Waals surface area contributed by atoms with Crippen molar-refractivity contribution in [3.05, 3.63) is 62.5 Å². The number of carbonyl (C=O) groups excluding carboxylic acids is 1. The molecule has 2 aromatic carbocycles. The summed E-state index contributed by atoms with van der Waals surface area (Å²) in [7, 11) is 0. The van der Waals surface area contributed by atoms with Crippen LogP contribution in [0.15, 0.2) is 41.3 Å². The van der Waals surface area contributed by atoms with Gasteiger partial charge in [-0.05, 0) is 54.6 Å². The third-order valence-corrected chi connectivity index (χ3v) is 5.04. The lowest BCUT2D eigenvalue weighted by atomic mass is 10.2. The van der Waals surface area contributed by atoms with Crippen LogP contribution in [0.5, 0.6) is 11.5 Å². The van der Waals surface area contributed by atoms with Gasteiger partial charge < -0.3 is 14.8 Å². The summed E-state index contributed by atoms with van der Waals surface area (Å²) in [4.78, 5) is 12.2. The van der Waals surface area contributed by atoms with Gasteiger partial charge in [-0.3, -0.25) is 10.2 Å². The van der Waals surface area contributed by atoms with Crippen LogP contribution in [-0.2, 0) is 11.4 Å². The fourth-order valence-corrected chi connectivity index (χ4v) is 3.55. The number of amides is 1. The average molecular weight is 423 g/mol. The van der Waals surface area contributed by atoms with E-state index in [9.17, 15) is 4.79 Å². The number of halogens is 2. The van der Waals surface area contributed by atoms with Crippen molar-refractivity contribution in [2.45, 2.75) is 13.5 Å². The number of rotatable bonds is 6. The summed E-state index contributed by atoms with van der Waals surface area (Å²) >= 11 is 13.2. The first-order valence-electron chi connectivity index (χ1n) is 8.09. The summed E-state index contributed by atoms with van der Waals surface area (Å²) in [6, 6.07) is 10.6. The van der Waals surface area contributed by atoms with Crippen molar-refractivity contribution in [2.24, 2.45) is 0 Å². The first-order valence-corrected chi connectivity index (χ1v) is 9.66. The van der Waals surface area contributed by atoms with Gasteiger partial charge in [0.1, 0.15) is 6.61 Å². The van der Waals surface area contributed by atoms with Gasteiger partial charge in [0.25, 0.3) is 5.91 Å². The monoisotopic (exact) mass is 422 g/mol. The van der Waals surface area contributed by atoms with E-state index in [4.69, 9.17) is 38.1 Å². The second kappa shape index (κ2) is 8.69. The van der Waals surface area contributed by atoms with Gasteiger partial charge in [0.2, 0.25) is 0 Å². The molecule has 0 unspecified atom stereocenters. The summed E-state index contributed by atoms with van der Waals surface area (Å²) in [5.74, 6) is 0.859. The molecule has 0 aromatic heterocycles. The molecule has 8 heteroatoms. The van der Waals surface area contributed by atoms with Crippen molar-refractivity contribution in [2.75, 3.05) is 6.61 Å². The number of benzene rings is 2. The summed E-state index contributed by atoms with van der Waals surface area (Å²) in [5.41, 5.74) is 1.59. The van der Waals surface area contributed by atoms with Crippen LogP contribution in [0, 0.1) is 5.41 Å². The fourth-order valence-electron chi connectivity index (χ4n) is 2.39. The van der Waals surface area contributed by atoms with Crippen LogP contribution in [0.1, 0.15) is 18.1 Å². The van der Waals surface area contributed by atoms with Gasteiger partial charge >= 0.3 is 0 Å². The zero-order valence-electron chi connectivity index (χ0n) is 14.3. The SMILES string of the molecule is CCOc1cc(C=C2SC(=N)NC2=O)ccc1OCc1ccc(Cl)cc1Cl. The zero-order chi connectivity index (χ0) is 19.4. The molecule has 0 radical (unpaired) electrons. The third-order valence-electron chi connectivity index (χ3n) is 3.63. The number of ether oxygens (including phenoxy) is 2. The van der Waals surface area contributed by atoms with Gasteiger partial charge in [0, 0.05) is 15.6 Å². The molecule has 0 bridgehead atoms. The van der Waals surface area contributed by atoms with Crippen LogP contribution in [0.2, 0.25) is 10.0 Å². The van der Waals surface area contributed by atoms with E-state index in [-0.39, 0.29) is 17.7 Å². The molecule has 1 aliphatic heterocycles. The lowest BCUT2D eigenvalue weighted by Crippen LogP contribution is -2.18. The highest BCUT2D eigenvalue weighted by Gasteiger charge is 2.22. The maximum Gasteiger partial charge on any atom is 0.264 e. The minimum atomic E-state index is -0.277. The molecule has 0 spiro atoms.